The van der Waals surface area contributed by atoms with Gasteiger partial charge in [0.1, 0.15) is 6.04 Å². The summed E-state index contributed by atoms with van der Waals surface area (Å²) in [5.74, 6) is -2.33. The van der Waals surface area contributed by atoms with E-state index < -0.39 is 30.4 Å². The van der Waals surface area contributed by atoms with E-state index in [1.54, 1.807) is 0 Å². The molecule has 7 heteroatoms. The van der Waals surface area contributed by atoms with E-state index >= 15 is 0 Å². The fourth-order valence-electron chi connectivity index (χ4n) is 0.645. The average Bonchev–Trinajstić information content (AvgIpc) is 2.13. The summed E-state index contributed by atoms with van der Waals surface area (Å²) in [6.45, 7) is -0.395. The highest BCUT2D eigenvalue weighted by atomic mass is 16.6. The summed E-state index contributed by atoms with van der Waals surface area (Å²) in [5, 5.41) is 0. The van der Waals surface area contributed by atoms with Crippen molar-refractivity contribution in [2.75, 3.05) is 6.54 Å². The lowest BCUT2D eigenvalue weighted by molar-refractivity contribution is -0.159. The second kappa shape index (κ2) is 6.06. The van der Waals surface area contributed by atoms with Gasteiger partial charge in [0.25, 0.3) is 0 Å². The predicted octanol–water partition coefficient (Wildman–Crippen LogP) is -2.39. The highest BCUT2D eigenvalue weighted by Crippen LogP contribution is 1.96. The molecule has 1 atom stereocenters. The lowest BCUT2D eigenvalue weighted by Crippen LogP contribution is -2.36. The molecule has 0 rings (SSSR count). The third-order valence-corrected chi connectivity index (χ3v) is 1.39. The first-order valence-corrected chi connectivity index (χ1v) is 3.95. The van der Waals surface area contributed by atoms with Crippen molar-refractivity contribution in [2.45, 2.75) is 18.9 Å². The van der Waals surface area contributed by atoms with Crippen LogP contribution in [0, 0.1) is 0 Å². The Balaban J connectivity index is 3.87. The fraction of sp³-hybridized carbons (Fsp3) is 0.571. The van der Waals surface area contributed by atoms with E-state index in [-0.39, 0.29) is 12.8 Å². The van der Waals surface area contributed by atoms with Crippen molar-refractivity contribution in [2.24, 2.45) is 17.2 Å². The molecule has 80 valence electrons. The van der Waals surface area contributed by atoms with Gasteiger partial charge in [0.15, 0.2) is 0 Å². The smallest absolute Gasteiger partial charge is 0.330 e. The van der Waals surface area contributed by atoms with Gasteiger partial charge in [-0.2, -0.15) is 0 Å². The Morgan fingerprint density at radius 3 is 2.29 bits per heavy atom. The summed E-state index contributed by atoms with van der Waals surface area (Å²) in [4.78, 5) is 31.8. The molecule has 0 aliphatic rings. The van der Waals surface area contributed by atoms with Gasteiger partial charge in [0, 0.05) is 6.42 Å². The molecule has 0 aromatic carbocycles. The summed E-state index contributed by atoms with van der Waals surface area (Å²) in [5.41, 5.74) is 15.0. The Hall–Kier alpha value is -1.47. The molecule has 0 saturated heterocycles. The zero-order valence-corrected chi connectivity index (χ0v) is 7.56. The minimum atomic E-state index is -1.03. The van der Waals surface area contributed by atoms with E-state index in [1.807, 2.05) is 0 Å². The highest BCUT2D eigenvalue weighted by molar-refractivity contribution is 5.89. The maximum Gasteiger partial charge on any atom is 0.330 e. The topological polar surface area (TPSA) is 138 Å². The second-order valence-corrected chi connectivity index (χ2v) is 2.61. The Bertz CT molecular complexity index is 241. The first-order valence-electron chi connectivity index (χ1n) is 3.95. The van der Waals surface area contributed by atoms with Crippen LogP contribution in [0.1, 0.15) is 12.8 Å². The number of nitrogens with two attached hydrogens (primary N) is 3. The minimum Gasteiger partial charge on any atom is -0.391 e. The number of carbonyl (C=O) groups is 3. The summed E-state index contributed by atoms with van der Waals surface area (Å²) in [6.07, 6.45) is 0.0130. The van der Waals surface area contributed by atoms with Crippen molar-refractivity contribution in [1.29, 1.82) is 0 Å². The fourth-order valence-corrected chi connectivity index (χ4v) is 0.645. The van der Waals surface area contributed by atoms with E-state index in [0.717, 1.165) is 0 Å². The number of primary amides is 1. The molecular weight excluding hydrogens is 190 g/mol. The number of hydrogen-bond acceptors (Lipinski definition) is 6. The van der Waals surface area contributed by atoms with Gasteiger partial charge >= 0.3 is 11.9 Å². The molecule has 14 heavy (non-hydrogen) atoms. The molecule has 0 aromatic heterocycles. The number of carbonyl (C=O) groups excluding carboxylic acids is 3. The van der Waals surface area contributed by atoms with Crippen LogP contribution >= 0.6 is 0 Å². The van der Waals surface area contributed by atoms with Gasteiger partial charge in [-0.15, -0.1) is 0 Å². The van der Waals surface area contributed by atoms with Crippen LogP contribution in [0.2, 0.25) is 0 Å². The molecule has 0 heterocycles. The second-order valence-electron chi connectivity index (χ2n) is 2.61. The Kier molecular flexibility index (Phi) is 5.42. The first kappa shape index (κ1) is 12.5. The number of esters is 2. The lowest BCUT2D eigenvalue weighted by atomic mass is 10.1. The van der Waals surface area contributed by atoms with Gasteiger partial charge in [0.05, 0.1) is 6.54 Å². The van der Waals surface area contributed by atoms with Crippen molar-refractivity contribution in [3.05, 3.63) is 0 Å². The Labute approximate surface area is 80.5 Å². The number of rotatable bonds is 5. The number of amides is 1. The number of hydrogen-bond donors (Lipinski definition) is 3. The van der Waals surface area contributed by atoms with Crippen LogP contribution in [0.5, 0.6) is 0 Å². The maximum atomic E-state index is 10.9. The van der Waals surface area contributed by atoms with Crippen LogP contribution in [0.15, 0.2) is 0 Å². The normalized spacial score (nSPS) is 11.9. The summed E-state index contributed by atoms with van der Waals surface area (Å²) in [6, 6.07) is -1.03. The van der Waals surface area contributed by atoms with Gasteiger partial charge in [-0.3, -0.25) is 9.59 Å². The van der Waals surface area contributed by atoms with Crippen LogP contribution in [0.25, 0.3) is 0 Å². The van der Waals surface area contributed by atoms with Gasteiger partial charge in [-0.1, -0.05) is 0 Å². The monoisotopic (exact) mass is 203 g/mol. The van der Waals surface area contributed by atoms with Crippen molar-refractivity contribution in [3.63, 3.8) is 0 Å². The van der Waals surface area contributed by atoms with Crippen molar-refractivity contribution in [3.8, 4) is 0 Å². The first-order chi connectivity index (χ1) is 6.47. The quantitative estimate of drug-likeness (QED) is 0.336. The molecule has 0 aliphatic carbocycles. The highest BCUT2D eigenvalue weighted by Gasteiger charge is 2.18. The molecule has 7 nitrogen and oxygen atoms in total. The SMILES string of the molecule is NCC(=O)OC(=O)[C@@H](N)CCC(N)=O. The third-order valence-electron chi connectivity index (χ3n) is 1.39. The van der Waals surface area contributed by atoms with Gasteiger partial charge < -0.3 is 21.9 Å². The predicted molar refractivity (Wildman–Crippen MR) is 46.6 cm³/mol. The van der Waals surface area contributed by atoms with E-state index in [4.69, 9.17) is 17.2 Å². The molecule has 0 saturated carbocycles. The van der Waals surface area contributed by atoms with Gasteiger partial charge in [0.2, 0.25) is 5.91 Å². The molecule has 6 N–H and O–H groups in total. The molecule has 0 spiro atoms. The molecule has 1 amide bonds. The zero-order valence-electron chi connectivity index (χ0n) is 7.56. The number of ether oxygens (including phenoxy) is 1. The molecule has 0 fully saturated rings. The lowest BCUT2D eigenvalue weighted by Gasteiger charge is -2.07. The van der Waals surface area contributed by atoms with Crippen molar-refractivity contribution in [1.82, 2.24) is 0 Å². The minimum absolute atomic E-state index is 0.0346. The third kappa shape index (κ3) is 5.22. The van der Waals surface area contributed by atoms with Crippen molar-refractivity contribution < 1.29 is 19.1 Å². The Morgan fingerprint density at radius 1 is 1.29 bits per heavy atom. The molecule has 0 radical (unpaired) electrons. The summed E-state index contributed by atoms with van der Waals surface area (Å²) in [7, 11) is 0. The molecule has 0 aromatic rings. The Morgan fingerprint density at radius 2 is 1.86 bits per heavy atom. The van der Waals surface area contributed by atoms with Crippen LogP contribution in [0.3, 0.4) is 0 Å². The van der Waals surface area contributed by atoms with E-state index in [1.165, 1.54) is 0 Å². The maximum absolute atomic E-state index is 10.9. The van der Waals surface area contributed by atoms with Crippen LogP contribution in [-0.4, -0.2) is 30.4 Å². The molecular formula is C7H13N3O4. The summed E-state index contributed by atoms with van der Waals surface area (Å²) < 4.78 is 4.21. The van der Waals surface area contributed by atoms with Crippen LogP contribution in [0.4, 0.5) is 0 Å². The average molecular weight is 203 g/mol. The van der Waals surface area contributed by atoms with E-state index in [2.05, 4.69) is 4.74 Å². The van der Waals surface area contributed by atoms with Crippen molar-refractivity contribution >= 4 is 17.8 Å². The molecule has 0 unspecified atom stereocenters. The van der Waals surface area contributed by atoms with Crippen LogP contribution < -0.4 is 17.2 Å². The molecule has 0 aliphatic heterocycles. The van der Waals surface area contributed by atoms with Crippen LogP contribution in [-0.2, 0) is 19.1 Å². The standard InChI is InChI=1S/C7H13N3O4/c8-3-6(12)14-7(13)4(9)1-2-5(10)11/h4H,1-3,8-9H2,(H2,10,11)/t4-/m0/s1. The van der Waals surface area contributed by atoms with E-state index in [9.17, 15) is 14.4 Å². The summed E-state index contributed by atoms with van der Waals surface area (Å²) >= 11 is 0. The van der Waals surface area contributed by atoms with Gasteiger partial charge in [-0.25, -0.2) is 4.79 Å². The zero-order chi connectivity index (χ0) is 11.1. The molecule has 0 bridgehead atoms. The van der Waals surface area contributed by atoms with Gasteiger partial charge in [-0.05, 0) is 6.42 Å². The van der Waals surface area contributed by atoms with E-state index in [0.29, 0.717) is 0 Å². The largest absolute Gasteiger partial charge is 0.391 e.